The average molecular weight is 237 g/mol. The predicted molar refractivity (Wildman–Crippen MR) is 60.3 cm³/mol. The van der Waals surface area contributed by atoms with Gasteiger partial charge in [0, 0.05) is 18.5 Å². The molecule has 4 heteroatoms. The van der Waals surface area contributed by atoms with E-state index in [0.717, 1.165) is 12.8 Å². The third-order valence-electron chi connectivity index (χ3n) is 4.90. The Balaban J connectivity index is 1.56. The van der Waals surface area contributed by atoms with Crippen LogP contribution in [0, 0.1) is 0 Å². The van der Waals surface area contributed by atoms with Gasteiger partial charge < -0.3 is 9.47 Å². The summed E-state index contributed by atoms with van der Waals surface area (Å²) in [7, 11) is 0. The maximum absolute atomic E-state index is 11.3. The number of rotatable bonds is 1. The van der Waals surface area contributed by atoms with Crippen LogP contribution in [0.1, 0.15) is 44.9 Å². The van der Waals surface area contributed by atoms with E-state index in [9.17, 15) is 4.79 Å². The molecule has 4 nitrogen and oxygen atoms in total. The molecule has 0 spiro atoms. The highest BCUT2D eigenvalue weighted by molar-refractivity contribution is 5.71. The Kier molecular flexibility index (Phi) is 2.24. The summed E-state index contributed by atoms with van der Waals surface area (Å²) in [6.45, 7) is 0. The van der Waals surface area contributed by atoms with Gasteiger partial charge in [0.25, 0.3) is 0 Å². The van der Waals surface area contributed by atoms with E-state index in [2.05, 4.69) is 4.90 Å². The molecule has 0 aromatic rings. The molecule has 4 heterocycles. The van der Waals surface area contributed by atoms with Crippen molar-refractivity contribution in [3.63, 3.8) is 0 Å². The zero-order valence-electron chi connectivity index (χ0n) is 10.0. The quantitative estimate of drug-likeness (QED) is 0.647. The molecule has 0 aromatic carbocycles. The molecule has 4 fully saturated rings. The van der Waals surface area contributed by atoms with Crippen molar-refractivity contribution in [2.24, 2.45) is 0 Å². The maximum atomic E-state index is 11.3. The Morgan fingerprint density at radius 2 is 1.82 bits per heavy atom. The Bertz CT molecular complexity index is 346. The number of cyclic esters (lactones) is 1. The Labute approximate surface area is 101 Å². The van der Waals surface area contributed by atoms with Crippen LogP contribution in [-0.4, -0.2) is 41.4 Å². The number of hydrogen-bond donors (Lipinski definition) is 0. The zero-order chi connectivity index (χ0) is 11.4. The molecule has 4 aliphatic rings. The summed E-state index contributed by atoms with van der Waals surface area (Å²) >= 11 is 0. The standard InChI is InChI=1S/C13H19NO3/c15-13-7-6-11(17-13)9-5-4-8-10-2-1-3-12(16-10)14(8)9/h8-12H,1-7H2/t8-,9-,10-,11-,12+/m0/s1. The van der Waals surface area contributed by atoms with E-state index in [-0.39, 0.29) is 12.1 Å². The van der Waals surface area contributed by atoms with Crippen LogP contribution < -0.4 is 0 Å². The van der Waals surface area contributed by atoms with E-state index in [4.69, 9.17) is 9.47 Å². The molecular formula is C13H19NO3. The van der Waals surface area contributed by atoms with Gasteiger partial charge in [-0.1, -0.05) is 0 Å². The highest BCUT2D eigenvalue weighted by atomic mass is 16.6. The van der Waals surface area contributed by atoms with E-state index in [0.29, 0.717) is 30.8 Å². The number of nitrogens with zero attached hydrogens (tertiary/aromatic N) is 1. The number of ether oxygens (including phenoxy) is 2. The monoisotopic (exact) mass is 237 g/mol. The van der Waals surface area contributed by atoms with Gasteiger partial charge in [-0.15, -0.1) is 0 Å². The SMILES string of the molecule is O=C1CC[C@@H]([C@@H]2CC[C@H]3[C@@H]4CCC[C@@H](O4)N23)O1. The van der Waals surface area contributed by atoms with Crippen molar-refractivity contribution in [3.05, 3.63) is 0 Å². The number of esters is 1. The minimum absolute atomic E-state index is 0.0125. The van der Waals surface area contributed by atoms with E-state index in [1.165, 1.54) is 25.7 Å². The van der Waals surface area contributed by atoms with Gasteiger partial charge in [-0.2, -0.15) is 0 Å². The molecule has 94 valence electrons. The van der Waals surface area contributed by atoms with Crippen molar-refractivity contribution in [2.45, 2.75) is 75.5 Å². The van der Waals surface area contributed by atoms with E-state index < -0.39 is 0 Å². The first kappa shape index (κ1) is 10.3. The highest BCUT2D eigenvalue weighted by Crippen LogP contribution is 2.44. The summed E-state index contributed by atoms with van der Waals surface area (Å²) in [5.74, 6) is -0.0125. The molecule has 4 rings (SSSR count). The zero-order valence-corrected chi connectivity index (χ0v) is 10.0. The van der Waals surface area contributed by atoms with Gasteiger partial charge >= 0.3 is 5.97 Å². The molecule has 2 bridgehead atoms. The van der Waals surface area contributed by atoms with Crippen LogP contribution in [0.15, 0.2) is 0 Å². The van der Waals surface area contributed by atoms with Crippen LogP contribution in [0.4, 0.5) is 0 Å². The second-order valence-corrected chi connectivity index (χ2v) is 5.79. The lowest BCUT2D eigenvalue weighted by molar-refractivity contribution is -0.144. The van der Waals surface area contributed by atoms with E-state index in [1.54, 1.807) is 0 Å². The lowest BCUT2D eigenvalue weighted by Crippen LogP contribution is -2.44. The fourth-order valence-electron chi connectivity index (χ4n) is 4.22. The summed E-state index contributed by atoms with van der Waals surface area (Å²) in [4.78, 5) is 13.8. The van der Waals surface area contributed by atoms with Crippen molar-refractivity contribution in [1.29, 1.82) is 0 Å². The minimum Gasteiger partial charge on any atom is -0.461 e. The lowest BCUT2D eigenvalue weighted by atomic mass is 10.0. The normalized spacial score (nSPS) is 49.4. The van der Waals surface area contributed by atoms with Gasteiger partial charge in [-0.05, 0) is 38.5 Å². The Hall–Kier alpha value is -0.610. The summed E-state index contributed by atoms with van der Waals surface area (Å²) in [5.41, 5.74) is 0. The van der Waals surface area contributed by atoms with Crippen molar-refractivity contribution in [1.82, 2.24) is 4.90 Å². The van der Waals surface area contributed by atoms with Gasteiger partial charge in [0.2, 0.25) is 0 Å². The minimum atomic E-state index is -0.0125. The number of carbonyl (C=O) groups is 1. The van der Waals surface area contributed by atoms with Crippen molar-refractivity contribution >= 4 is 5.97 Å². The third-order valence-corrected chi connectivity index (χ3v) is 4.90. The topological polar surface area (TPSA) is 38.8 Å². The van der Waals surface area contributed by atoms with Crippen LogP contribution >= 0.6 is 0 Å². The fraction of sp³-hybridized carbons (Fsp3) is 0.923. The molecule has 4 aliphatic heterocycles. The largest absolute Gasteiger partial charge is 0.461 e. The van der Waals surface area contributed by atoms with Crippen LogP contribution in [0.3, 0.4) is 0 Å². The van der Waals surface area contributed by atoms with Crippen LogP contribution in [0.2, 0.25) is 0 Å². The van der Waals surface area contributed by atoms with Gasteiger partial charge in [-0.3, -0.25) is 9.69 Å². The highest BCUT2D eigenvalue weighted by Gasteiger charge is 2.53. The summed E-state index contributed by atoms with van der Waals surface area (Å²) in [6, 6.07) is 1.03. The molecule has 0 N–H and O–H groups in total. The molecule has 0 aromatic heterocycles. The van der Waals surface area contributed by atoms with Gasteiger partial charge in [-0.25, -0.2) is 0 Å². The molecule has 5 atom stereocenters. The molecule has 0 unspecified atom stereocenters. The second kappa shape index (κ2) is 3.69. The summed E-state index contributed by atoms with van der Waals surface area (Å²) < 4.78 is 11.5. The number of hydrogen-bond acceptors (Lipinski definition) is 4. The first-order valence-corrected chi connectivity index (χ1v) is 6.95. The maximum Gasteiger partial charge on any atom is 0.306 e. The average Bonchev–Trinajstić information content (AvgIpc) is 2.98. The Morgan fingerprint density at radius 1 is 1.00 bits per heavy atom. The lowest BCUT2D eigenvalue weighted by Gasteiger charge is -2.31. The van der Waals surface area contributed by atoms with Crippen LogP contribution in [-0.2, 0) is 14.3 Å². The predicted octanol–water partition coefficient (Wildman–Crippen LogP) is 1.43. The molecule has 0 amide bonds. The third kappa shape index (κ3) is 1.47. The molecule has 0 saturated carbocycles. The smallest absolute Gasteiger partial charge is 0.306 e. The van der Waals surface area contributed by atoms with Gasteiger partial charge in [0.1, 0.15) is 12.3 Å². The molecule has 4 saturated heterocycles. The van der Waals surface area contributed by atoms with Crippen molar-refractivity contribution < 1.29 is 14.3 Å². The van der Waals surface area contributed by atoms with Crippen LogP contribution in [0.5, 0.6) is 0 Å². The number of carbonyl (C=O) groups excluding carboxylic acids is 1. The molecular weight excluding hydrogens is 218 g/mol. The second-order valence-electron chi connectivity index (χ2n) is 5.79. The molecule has 0 radical (unpaired) electrons. The van der Waals surface area contributed by atoms with Crippen molar-refractivity contribution in [3.8, 4) is 0 Å². The van der Waals surface area contributed by atoms with Gasteiger partial charge in [0.15, 0.2) is 0 Å². The molecule has 0 aliphatic carbocycles. The van der Waals surface area contributed by atoms with Crippen molar-refractivity contribution in [2.75, 3.05) is 0 Å². The first-order valence-electron chi connectivity index (χ1n) is 6.95. The fourth-order valence-corrected chi connectivity index (χ4v) is 4.22. The summed E-state index contributed by atoms with van der Waals surface area (Å²) in [6.07, 6.45) is 8.48. The number of fused-ring (bicyclic) bond motifs is 5. The van der Waals surface area contributed by atoms with Crippen LogP contribution in [0.25, 0.3) is 0 Å². The molecule has 17 heavy (non-hydrogen) atoms. The van der Waals surface area contributed by atoms with Gasteiger partial charge in [0.05, 0.1) is 6.10 Å². The Morgan fingerprint density at radius 3 is 2.59 bits per heavy atom. The van der Waals surface area contributed by atoms with E-state index >= 15 is 0 Å². The first-order chi connectivity index (χ1) is 8.33. The van der Waals surface area contributed by atoms with E-state index in [1.807, 2.05) is 0 Å². The summed E-state index contributed by atoms with van der Waals surface area (Å²) in [5, 5.41) is 0.